The maximum atomic E-state index is 11.1. The fourth-order valence-electron chi connectivity index (χ4n) is 2.92. The van der Waals surface area contributed by atoms with Gasteiger partial charge in [-0.1, -0.05) is 48.5 Å². The zero-order valence-electron chi connectivity index (χ0n) is 14.3. The molecule has 0 bridgehead atoms. The molecular weight excluding hydrogens is 354 g/mol. The molecule has 1 heterocycles. The van der Waals surface area contributed by atoms with Gasteiger partial charge in [-0.15, -0.1) is 0 Å². The average Bonchev–Trinajstić information content (AvgIpc) is 2.63. The monoisotopic (exact) mass is 377 g/mol. The second-order valence-corrected chi connectivity index (χ2v) is 7.40. The van der Waals surface area contributed by atoms with E-state index in [1.165, 1.54) is 12.1 Å². The largest absolute Gasteiger partial charge is 0.352 e. The summed E-state index contributed by atoms with van der Waals surface area (Å²) in [5.74, 6) is 0. The molecule has 8 heteroatoms. The Hall–Kier alpha value is -2.42. The summed E-state index contributed by atoms with van der Waals surface area (Å²) in [6.45, 7) is 1.80. The van der Waals surface area contributed by atoms with Gasteiger partial charge in [0.05, 0.1) is 10.4 Å². The number of hydrogen-bond donors (Lipinski definition) is 4. The van der Waals surface area contributed by atoms with Crippen LogP contribution in [0.5, 0.6) is 0 Å². The van der Waals surface area contributed by atoms with Gasteiger partial charge in [0.2, 0.25) is 0 Å². The van der Waals surface area contributed by atoms with Crippen molar-refractivity contribution in [3.8, 4) is 0 Å². The zero-order chi connectivity index (χ0) is 19.0. The number of primary amides is 1. The highest BCUT2D eigenvalue weighted by atomic mass is 32.2. The molecule has 1 aliphatic rings. The van der Waals surface area contributed by atoms with Crippen LogP contribution in [0, 0.1) is 0 Å². The van der Waals surface area contributed by atoms with Crippen LogP contribution in [0.2, 0.25) is 0 Å². The number of hydrogen-bond acceptors (Lipinski definition) is 4. The third-order valence-electron chi connectivity index (χ3n) is 4.19. The molecule has 1 saturated heterocycles. The molecule has 1 aliphatic heterocycles. The number of urea groups is 1. The van der Waals surface area contributed by atoms with Gasteiger partial charge in [-0.25, -0.2) is 4.79 Å². The second-order valence-electron chi connectivity index (χ2n) is 5.98. The van der Waals surface area contributed by atoms with E-state index in [9.17, 15) is 13.2 Å². The van der Waals surface area contributed by atoms with Gasteiger partial charge >= 0.3 is 6.03 Å². The van der Waals surface area contributed by atoms with Crippen molar-refractivity contribution in [2.24, 2.45) is 5.73 Å². The Morgan fingerprint density at radius 2 is 1.50 bits per heavy atom. The van der Waals surface area contributed by atoms with E-state index in [4.69, 9.17) is 10.3 Å². The van der Waals surface area contributed by atoms with Gasteiger partial charge in [0.15, 0.2) is 0 Å². The average molecular weight is 377 g/mol. The predicted molar refractivity (Wildman–Crippen MR) is 99.2 cm³/mol. The molecule has 0 radical (unpaired) electrons. The maximum absolute atomic E-state index is 11.1. The predicted octanol–water partition coefficient (Wildman–Crippen LogP) is 1.87. The summed E-state index contributed by atoms with van der Waals surface area (Å²) in [6, 6.07) is 17.0. The zero-order valence-corrected chi connectivity index (χ0v) is 15.1. The first kappa shape index (κ1) is 19.9. The van der Waals surface area contributed by atoms with E-state index in [1.54, 1.807) is 18.2 Å². The minimum absolute atomic E-state index is 0.0741. The van der Waals surface area contributed by atoms with Gasteiger partial charge in [0, 0.05) is 0 Å². The lowest BCUT2D eigenvalue weighted by Crippen LogP contribution is -2.53. The maximum Gasteiger partial charge on any atom is 0.312 e. The number of amides is 2. The minimum Gasteiger partial charge on any atom is -0.352 e. The Morgan fingerprint density at radius 1 is 1.00 bits per heavy atom. The Bertz CT molecular complexity index is 805. The van der Waals surface area contributed by atoms with Crippen LogP contribution < -0.4 is 16.4 Å². The van der Waals surface area contributed by atoms with E-state index in [2.05, 4.69) is 10.6 Å². The third kappa shape index (κ3) is 5.55. The van der Waals surface area contributed by atoms with Crippen molar-refractivity contribution in [3.63, 3.8) is 0 Å². The van der Waals surface area contributed by atoms with Gasteiger partial charge in [0.25, 0.3) is 10.1 Å². The lowest BCUT2D eigenvalue weighted by atomic mass is 9.81. The molecule has 2 amide bonds. The number of carbonyl (C=O) groups is 1. The topological polar surface area (TPSA) is 122 Å². The van der Waals surface area contributed by atoms with Gasteiger partial charge in [-0.05, 0) is 43.6 Å². The van der Waals surface area contributed by atoms with Crippen LogP contribution in [-0.2, 0) is 15.7 Å². The standard InChI is InChI=1S/C12H17N3O.C6H6O3S/c13-11(16)15-12(6-8-14-9-7-12)10-4-2-1-3-5-10;7-10(8,9)6-4-2-1-3-5-6/h1-5,14H,6-9H2,(H3,13,15,16);1-5H,(H,7,8,9). The van der Waals surface area contributed by atoms with Gasteiger partial charge in [-0.3, -0.25) is 4.55 Å². The number of nitrogens with one attached hydrogen (secondary N) is 2. The minimum atomic E-state index is -4.00. The van der Waals surface area contributed by atoms with Gasteiger partial charge in [0.1, 0.15) is 0 Å². The number of rotatable bonds is 3. The van der Waals surface area contributed by atoms with Crippen molar-refractivity contribution in [1.82, 2.24) is 10.6 Å². The van der Waals surface area contributed by atoms with Crippen molar-refractivity contribution < 1.29 is 17.8 Å². The molecule has 0 aromatic heterocycles. The summed E-state index contributed by atoms with van der Waals surface area (Å²) in [5.41, 5.74) is 6.12. The van der Waals surface area contributed by atoms with E-state index < -0.39 is 16.1 Å². The number of piperidine rings is 1. The van der Waals surface area contributed by atoms with E-state index in [1.807, 2.05) is 30.3 Å². The van der Waals surface area contributed by atoms with Crippen LogP contribution in [0.25, 0.3) is 0 Å². The molecular formula is C18H23N3O4S. The van der Waals surface area contributed by atoms with Gasteiger partial charge in [-0.2, -0.15) is 8.42 Å². The van der Waals surface area contributed by atoms with Crippen molar-refractivity contribution in [2.45, 2.75) is 23.3 Å². The van der Waals surface area contributed by atoms with Crippen molar-refractivity contribution >= 4 is 16.1 Å². The Kier molecular flexibility index (Phi) is 6.73. The van der Waals surface area contributed by atoms with Crippen LogP contribution in [0.15, 0.2) is 65.6 Å². The quantitative estimate of drug-likeness (QED) is 0.608. The summed E-state index contributed by atoms with van der Waals surface area (Å²) in [5, 5.41) is 6.20. The molecule has 5 N–H and O–H groups in total. The lowest BCUT2D eigenvalue weighted by molar-refractivity contribution is 0.214. The van der Waals surface area contributed by atoms with Crippen LogP contribution in [0.3, 0.4) is 0 Å². The van der Waals surface area contributed by atoms with Crippen molar-refractivity contribution in [2.75, 3.05) is 13.1 Å². The Labute approximate surface area is 153 Å². The van der Waals surface area contributed by atoms with Gasteiger partial charge < -0.3 is 16.4 Å². The van der Waals surface area contributed by atoms with Crippen molar-refractivity contribution in [1.29, 1.82) is 0 Å². The molecule has 0 aliphatic carbocycles. The molecule has 0 atom stereocenters. The summed E-state index contributed by atoms with van der Waals surface area (Å²) >= 11 is 0. The first-order valence-corrected chi connectivity index (χ1v) is 9.64. The highest BCUT2D eigenvalue weighted by Crippen LogP contribution is 2.30. The van der Waals surface area contributed by atoms with E-state index in [-0.39, 0.29) is 10.4 Å². The molecule has 3 rings (SSSR count). The van der Waals surface area contributed by atoms with Crippen molar-refractivity contribution in [3.05, 3.63) is 66.2 Å². The molecule has 2 aromatic carbocycles. The fraction of sp³-hybridized carbons (Fsp3) is 0.278. The van der Waals surface area contributed by atoms with Crippen LogP contribution in [0.1, 0.15) is 18.4 Å². The van der Waals surface area contributed by atoms with Crippen LogP contribution in [0.4, 0.5) is 4.79 Å². The molecule has 0 saturated carbocycles. The summed E-state index contributed by atoms with van der Waals surface area (Å²) in [7, 11) is -4.00. The SMILES string of the molecule is NC(=O)NC1(c2ccccc2)CCNCC1.O=S(=O)(O)c1ccccc1. The molecule has 1 fully saturated rings. The fourth-order valence-corrected chi connectivity index (χ4v) is 3.43. The normalized spacial score (nSPS) is 16.0. The summed E-state index contributed by atoms with van der Waals surface area (Å²) in [4.78, 5) is 11.1. The molecule has 7 nitrogen and oxygen atoms in total. The summed E-state index contributed by atoms with van der Waals surface area (Å²) < 4.78 is 29.2. The summed E-state index contributed by atoms with van der Waals surface area (Å²) in [6.07, 6.45) is 1.75. The van der Waals surface area contributed by atoms with Crippen LogP contribution >= 0.6 is 0 Å². The molecule has 0 spiro atoms. The first-order chi connectivity index (χ1) is 12.3. The smallest absolute Gasteiger partial charge is 0.312 e. The third-order valence-corrected chi connectivity index (χ3v) is 5.05. The number of benzene rings is 2. The van der Waals surface area contributed by atoms with Crippen LogP contribution in [-0.4, -0.2) is 32.1 Å². The highest BCUT2D eigenvalue weighted by molar-refractivity contribution is 7.85. The van der Waals surface area contributed by atoms with E-state index in [0.29, 0.717) is 0 Å². The Balaban J connectivity index is 0.000000209. The highest BCUT2D eigenvalue weighted by Gasteiger charge is 2.34. The number of carbonyl (C=O) groups excluding carboxylic acids is 1. The molecule has 140 valence electrons. The van der Waals surface area contributed by atoms with E-state index in [0.717, 1.165) is 31.5 Å². The lowest BCUT2D eigenvalue weighted by Gasteiger charge is -2.38. The molecule has 26 heavy (non-hydrogen) atoms. The molecule has 0 unspecified atom stereocenters. The Morgan fingerprint density at radius 3 is 1.92 bits per heavy atom. The first-order valence-electron chi connectivity index (χ1n) is 8.20. The second kappa shape index (κ2) is 8.79. The molecule has 2 aromatic rings. The number of nitrogens with two attached hydrogens (primary N) is 1. The van der Waals surface area contributed by atoms with E-state index >= 15 is 0 Å².